The lowest BCUT2D eigenvalue weighted by molar-refractivity contribution is 0.0697. The van der Waals surface area contributed by atoms with Gasteiger partial charge in [0.2, 0.25) is 0 Å². The number of fused-ring (bicyclic) bond motifs is 1. The van der Waals surface area contributed by atoms with Gasteiger partial charge in [-0.3, -0.25) is 0 Å². The van der Waals surface area contributed by atoms with Crippen LogP contribution < -0.4 is 9.47 Å². The highest BCUT2D eigenvalue weighted by atomic mass is 16.6. The number of aromatic carboxylic acids is 1. The SMILES string of the molecule is O=C(O)c1conc1-c1ccc2c(c1)OCCO2. The van der Waals surface area contributed by atoms with E-state index in [1.807, 2.05) is 0 Å². The van der Waals surface area contributed by atoms with Crippen molar-refractivity contribution in [1.29, 1.82) is 0 Å². The number of benzene rings is 1. The van der Waals surface area contributed by atoms with Crippen LogP contribution in [0.2, 0.25) is 0 Å². The van der Waals surface area contributed by atoms with Crippen LogP contribution in [0.4, 0.5) is 0 Å². The quantitative estimate of drug-likeness (QED) is 0.871. The molecule has 2 aromatic rings. The maximum atomic E-state index is 11.0. The van der Waals surface area contributed by atoms with E-state index in [1.165, 1.54) is 0 Å². The van der Waals surface area contributed by atoms with Crippen molar-refractivity contribution in [2.75, 3.05) is 13.2 Å². The second kappa shape index (κ2) is 4.06. The highest BCUT2D eigenvalue weighted by Gasteiger charge is 2.19. The predicted molar refractivity (Wildman–Crippen MR) is 59.9 cm³/mol. The molecule has 0 bridgehead atoms. The monoisotopic (exact) mass is 247 g/mol. The zero-order chi connectivity index (χ0) is 12.5. The first-order chi connectivity index (χ1) is 8.75. The molecule has 92 valence electrons. The number of hydrogen-bond donors (Lipinski definition) is 1. The number of nitrogens with zero attached hydrogens (tertiary/aromatic N) is 1. The number of carboxylic acid groups (broad SMARTS) is 1. The Morgan fingerprint density at radius 1 is 1.22 bits per heavy atom. The molecule has 1 aliphatic rings. The zero-order valence-corrected chi connectivity index (χ0v) is 9.25. The Kier molecular flexibility index (Phi) is 2.40. The molecule has 0 spiro atoms. The lowest BCUT2D eigenvalue weighted by Gasteiger charge is -2.18. The molecule has 0 saturated heterocycles. The summed E-state index contributed by atoms with van der Waals surface area (Å²) in [5.74, 6) is 0.143. The summed E-state index contributed by atoms with van der Waals surface area (Å²) >= 11 is 0. The third kappa shape index (κ3) is 1.67. The smallest absolute Gasteiger partial charge is 0.341 e. The fraction of sp³-hybridized carbons (Fsp3) is 0.167. The van der Waals surface area contributed by atoms with Gasteiger partial charge < -0.3 is 19.1 Å². The molecule has 1 aliphatic heterocycles. The van der Waals surface area contributed by atoms with Crippen molar-refractivity contribution in [3.8, 4) is 22.8 Å². The van der Waals surface area contributed by atoms with Crippen molar-refractivity contribution in [3.63, 3.8) is 0 Å². The molecule has 0 aliphatic carbocycles. The Balaban J connectivity index is 2.06. The van der Waals surface area contributed by atoms with Gasteiger partial charge >= 0.3 is 5.97 Å². The van der Waals surface area contributed by atoms with Crippen LogP contribution >= 0.6 is 0 Å². The zero-order valence-electron chi connectivity index (χ0n) is 9.25. The van der Waals surface area contributed by atoms with E-state index in [4.69, 9.17) is 19.1 Å². The molecule has 0 atom stereocenters. The normalized spacial score (nSPS) is 13.3. The van der Waals surface area contributed by atoms with Crippen LogP contribution in [0.25, 0.3) is 11.3 Å². The average Bonchev–Trinajstić information content (AvgIpc) is 2.87. The lowest BCUT2D eigenvalue weighted by atomic mass is 10.1. The van der Waals surface area contributed by atoms with E-state index in [2.05, 4.69) is 5.16 Å². The van der Waals surface area contributed by atoms with Crippen LogP contribution in [0.5, 0.6) is 11.5 Å². The topological polar surface area (TPSA) is 81.8 Å². The summed E-state index contributed by atoms with van der Waals surface area (Å²) in [5, 5.41) is 12.7. The third-order valence-electron chi connectivity index (χ3n) is 2.62. The second-order valence-corrected chi connectivity index (χ2v) is 3.74. The van der Waals surface area contributed by atoms with Crippen LogP contribution in [0.15, 0.2) is 29.0 Å². The lowest BCUT2D eigenvalue weighted by Crippen LogP contribution is -2.15. The maximum Gasteiger partial charge on any atom is 0.341 e. The van der Waals surface area contributed by atoms with Gasteiger partial charge in [0.15, 0.2) is 11.5 Å². The summed E-state index contributed by atoms with van der Waals surface area (Å²) in [5.41, 5.74) is 0.913. The molecular formula is C12H9NO5. The largest absolute Gasteiger partial charge is 0.486 e. The number of rotatable bonds is 2. The first kappa shape index (κ1) is 10.6. The molecule has 1 N–H and O–H groups in total. The Labute approximate surface area is 102 Å². The van der Waals surface area contributed by atoms with E-state index >= 15 is 0 Å². The summed E-state index contributed by atoms with van der Waals surface area (Å²) in [6, 6.07) is 5.14. The van der Waals surface area contributed by atoms with E-state index in [-0.39, 0.29) is 11.3 Å². The fourth-order valence-corrected chi connectivity index (χ4v) is 1.79. The molecule has 1 aromatic heterocycles. The molecule has 0 fully saturated rings. The predicted octanol–water partition coefficient (Wildman–Crippen LogP) is 1.81. The number of ether oxygens (including phenoxy) is 2. The van der Waals surface area contributed by atoms with E-state index in [1.54, 1.807) is 18.2 Å². The van der Waals surface area contributed by atoms with Crippen molar-refractivity contribution in [3.05, 3.63) is 30.0 Å². The summed E-state index contributed by atoms with van der Waals surface area (Å²) in [6.45, 7) is 0.984. The summed E-state index contributed by atoms with van der Waals surface area (Å²) in [6.07, 6.45) is 1.11. The minimum absolute atomic E-state index is 0.0201. The first-order valence-corrected chi connectivity index (χ1v) is 5.33. The Bertz CT molecular complexity index is 604. The average molecular weight is 247 g/mol. The van der Waals surface area contributed by atoms with Crippen LogP contribution in [0.1, 0.15) is 10.4 Å². The highest BCUT2D eigenvalue weighted by molar-refractivity contribution is 5.94. The molecule has 6 nitrogen and oxygen atoms in total. The van der Waals surface area contributed by atoms with Crippen molar-refractivity contribution in [2.45, 2.75) is 0 Å². The van der Waals surface area contributed by atoms with Gasteiger partial charge in [0.1, 0.15) is 30.7 Å². The van der Waals surface area contributed by atoms with Gasteiger partial charge in [0, 0.05) is 5.56 Å². The molecule has 0 saturated carbocycles. The minimum atomic E-state index is -1.08. The standard InChI is InChI=1S/C12H9NO5/c14-12(15)8-6-18-13-11(8)7-1-2-9-10(5-7)17-4-3-16-9/h1-2,5-6H,3-4H2,(H,14,15). The van der Waals surface area contributed by atoms with Crippen molar-refractivity contribution < 1.29 is 23.9 Å². The molecule has 2 heterocycles. The highest BCUT2D eigenvalue weighted by Crippen LogP contribution is 2.34. The van der Waals surface area contributed by atoms with Gasteiger partial charge in [-0.2, -0.15) is 0 Å². The molecule has 18 heavy (non-hydrogen) atoms. The van der Waals surface area contributed by atoms with Crippen LogP contribution in [0, 0.1) is 0 Å². The Hall–Kier alpha value is -2.50. The van der Waals surface area contributed by atoms with Gasteiger partial charge in [0.05, 0.1) is 0 Å². The van der Waals surface area contributed by atoms with Crippen molar-refractivity contribution in [1.82, 2.24) is 5.16 Å². The molecule has 1 aromatic carbocycles. The molecule has 3 rings (SSSR count). The Morgan fingerprint density at radius 3 is 2.78 bits per heavy atom. The van der Waals surface area contributed by atoms with Gasteiger partial charge in [-0.05, 0) is 18.2 Å². The third-order valence-corrected chi connectivity index (χ3v) is 2.62. The van der Waals surface area contributed by atoms with Crippen molar-refractivity contribution in [2.24, 2.45) is 0 Å². The summed E-state index contributed by atoms with van der Waals surface area (Å²) in [7, 11) is 0. The molecule has 0 amide bonds. The van der Waals surface area contributed by atoms with E-state index in [0.717, 1.165) is 6.26 Å². The maximum absolute atomic E-state index is 11.0. The van der Waals surface area contributed by atoms with Gasteiger partial charge in [-0.15, -0.1) is 0 Å². The molecular weight excluding hydrogens is 238 g/mol. The summed E-state index contributed by atoms with van der Waals surface area (Å²) in [4.78, 5) is 11.0. The Morgan fingerprint density at radius 2 is 2.00 bits per heavy atom. The van der Waals surface area contributed by atoms with Crippen LogP contribution in [0.3, 0.4) is 0 Å². The summed E-state index contributed by atoms with van der Waals surface area (Å²) < 4.78 is 15.5. The minimum Gasteiger partial charge on any atom is -0.486 e. The van der Waals surface area contributed by atoms with E-state index in [0.29, 0.717) is 30.3 Å². The first-order valence-electron chi connectivity index (χ1n) is 5.33. The van der Waals surface area contributed by atoms with E-state index in [9.17, 15) is 4.79 Å². The van der Waals surface area contributed by atoms with Gasteiger partial charge in [-0.1, -0.05) is 5.16 Å². The van der Waals surface area contributed by atoms with Gasteiger partial charge in [0.25, 0.3) is 0 Å². The molecule has 0 unspecified atom stereocenters. The van der Waals surface area contributed by atoms with Crippen LogP contribution in [-0.2, 0) is 0 Å². The van der Waals surface area contributed by atoms with Gasteiger partial charge in [-0.25, -0.2) is 4.79 Å². The number of aromatic nitrogens is 1. The second-order valence-electron chi connectivity index (χ2n) is 3.74. The van der Waals surface area contributed by atoms with Crippen molar-refractivity contribution >= 4 is 5.97 Å². The number of carboxylic acids is 1. The molecule has 0 radical (unpaired) electrons. The fourth-order valence-electron chi connectivity index (χ4n) is 1.79. The molecule has 6 heteroatoms. The number of hydrogen-bond acceptors (Lipinski definition) is 5. The van der Waals surface area contributed by atoms with E-state index < -0.39 is 5.97 Å². The van der Waals surface area contributed by atoms with Crippen LogP contribution in [-0.4, -0.2) is 29.4 Å². The number of carbonyl (C=O) groups is 1.